The number of hydroxylamine groups is 1. The van der Waals surface area contributed by atoms with Crippen molar-refractivity contribution >= 4 is 17.8 Å². The molecule has 170 valence electrons. The van der Waals surface area contributed by atoms with E-state index in [9.17, 15) is 14.4 Å². The zero-order valence-electron chi connectivity index (χ0n) is 18.8. The lowest BCUT2D eigenvalue weighted by molar-refractivity contribution is -0.142. The maximum atomic E-state index is 12.6. The largest absolute Gasteiger partial charge is 0.464 e. The number of unbranched alkanes of at least 4 members (excludes halogenated alkanes) is 6. The summed E-state index contributed by atoms with van der Waals surface area (Å²) >= 11 is 0. The Morgan fingerprint density at radius 2 is 1.59 bits per heavy atom. The molecule has 0 aromatic heterocycles. The van der Waals surface area contributed by atoms with Crippen LogP contribution in [-0.4, -0.2) is 35.6 Å². The second kappa shape index (κ2) is 15.2. The molecule has 0 aromatic rings. The maximum Gasteiger partial charge on any atom is 0.302 e. The van der Waals surface area contributed by atoms with E-state index in [4.69, 9.17) is 9.94 Å². The van der Waals surface area contributed by atoms with E-state index >= 15 is 0 Å². The van der Waals surface area contributed by atoms with Gasteiger partial charge in [0.1, 0.15) is 6.61 Å². The second-order valence-electron chi connectivity index (χ2n) is 8.70. The van der Waals surface area contributed by atoms with Crippen LogP contribution in [0.1, 0.15) is 92.4 Å². The van der Waals surface area contributed by atoms with Gasteiger partial charge in [-0.05, 0) is 11.8 Å². The fourth-order valence-corrected chi connectivity index (χ4v) is 2.91. The standard InChI is InChI=1S/C21H41N3O5/c1-6-7-8-9-10-11-12-13-17(14-19(26)24-28)20(27)23-22-18(21(3,4)5)15-29-16(2)25/h17-18,22,28H,6-15H2,1-5H3,(H,23,27)(H,24,26). The summed E-state index contributed by atoms with van der Waals surface area (Å²) in [6.45, 7) is 9.54. The van der Waals surface area contributed by atoms with Crippen molar-refractivity contribution in [3.05, 3.63) is 0 Å². The number of carbonyl (C=O) groups excluding carboxylic acids is 3. The van der Waals surface area contributed by atoms with E-state index < -0.39 is 11.8 Å². The molecule has 8 nitrogen and oxygen atoms in total. The van der Waals surface area contributed by atoms with Crippen LogP contribution in [0.25, 0.3) is 0 Å². The summed E-state index contributed by atoms with van der Waals surface area (Å²) in [5.74, 6) is -1.82. The van der Waals surface area contributed by atoms with Crippen LogP contribution in [0.5, 0.6) is 0 Å². The summed E-state index contributed by atoms with van der Waals surface area (Å²) in [5.41, 5.74) is 6.95. The van der Waals surface area contributed by atoms with E-state index in [-0.39, 0.29) is 36.4 Å². The van der Waals surface area contributed by atoms with E-state index in [2.05, 4.69) is 17.8 Å². The van der Waals surface area contributed by atoms with Gasteiger partial charge in [-0.2, -0.15) is 0 Å². The average Bonchev–Trinajstić information content (AvgIpc) is 2.64. The predicted octanol–water partition coefficient (Wildman–Crippen LogP) is 3.24. The average molecular weight is 416 g/mol. The third-order valence-electron chi connectivity index (χ3n) is 4.95. The maximum absolute atomic E-state index is 12.6. The van der Waals surface area contributed by atoms with Crippen LogP contribution in [-0.2, 0) is 19.1 Å². The summed E-state index contributed by atoms with van der Waals surface area (Å²) in [5, 5.41) is 8.81. The van der Waals surface area contributed by atoms with Gasteiger partial charge in [-0.1, -0.05) is 72.6 Å². The van der Waals surface area contributed by atoms with Crippen molar-refractivity contribution in [2.24, 2.45) is 11.3 Å². The first-order chi connectivity index (χ1) is 13.6. The monoisotopic (exact) mass is 415 g/mol. The van der Waals surface area contributed by atoms with Crippen LogP contribution in [0.3, 0.4) is 0 Å². The van der Waals surface area contributed by atoms with Crippen molar-refractivity contribution in [2.45, 2.75) is 98.4 Å². The molecule has 0 aliphatic heterocycles. The van der Waals surface area contributed by atoms with E-state index in [0.29, 0.717) is 6.42 Å². The minimum atomic E-state index is -0.583. The van der Waals surface area contributed by atoms with Crippen LogP contribution in [0.4, 0.5) is 0 Å². The molecule has 29 heavy (non-hydrogen) atoms. The molecule has 0 bridgehead atoms. The number of hydrogen-bond donors (Lipinski definition) is 4. The molecule has 2 unspecified atom stereocenters. The molecule has 0 saturated carbocycles. The van der Waals surface area contributed by atoms with Gasteiger partial charge >= 0.3 is 5.97 Å². The number of rotatable bonds is 15. The van der Waals surface area contributed by atoms with Crippen molar-refractivity contribution in [3.8, 4) is 0 Å². The lowest BCUT2D eigenvalue weighted by atomic mass is 9.87. The Hall–Kier alpha value is -1.67. The van der Waals surface area contributed by atoms with Gasteiger partial charge in [0.25, 0.3) is 0 Å². The highest BCUT2D eigenvalue weighted by Gasteiger charge is 2.28. The number of nitrogens with one attached hydrogen (secondary N) is 3. The molecule has 4 N–H and O–H groups in total. The normalized spacial score (nSPS) is 13.4. The van der Waals surface area contributed by atoms with Gasteiger partial charge in [0, 0.05) is 19.3 Å². The minimum absolute atomic E-state index is 0.0794. The topological polar surface area (TPSA) is 117 Å². The zero-order valence-corrected chi connectivity index (χ0v) is 18.8. The third-order valence-corrected chi connectivity index (χ3v) is 4.95. The molecule has 0 spiro atoms. The van der Waals surface area contributed by atoms with Crippen molar-refractivity contribution in [1.82, 2.24) is 16.3 Å². The summed E-state index contributed by atoms with van der Waals surface area (Å²) in [7, 11) is 0. The number of carbonyl (C=O) groups is 3. The van der Waals surface area contributed by atoms with Crippen molar-refractivity contribution < 1.29 is 24.3 Å². The predicted molar refractivity (Wildman–Crippen MR) is 112 cm³/mol. The number of hydrazine groups is 1. The zero-order chi connectivity index (χ0) is 22.3. The van der Waals surface area contributed by atoms with Crippen LogP contribution < -0.4 is 16.3 Å². The SMILES string of the molecule is CCCCCCCCCC(CC(=O)NO)C(=O)NNC(COC(C)=O)C(C)(C)C. The quantitative estimate of drug-likeness (QED) is 0.141. The Bertz CT molecular complexity index is 491. The van der Waals surface area contributed by atoms with Gasteiger partial charge in [0.05, 0.1) is 6.04 Å². The minimum Gasteiger partial charge on any atom is -0.464 e. The summed E-state index contributed by atoms with van der Waals surface area (Å²) in [4.78, 5) is 35.3. The summed E-state index contributed by atoms with van der Waals surface area (Å²) < 4.78 is 5.08. The Morgan fingerprint density at radius 1 is 1.00 bits per heavy atom. The second-order valence-corrected chi connectivity index (χ2v) is 8.70. The first-order valence-electron chi connectivity index (χ1n) is 10.7. The van der Waals surface area contributed by atoms with Gasteiger partial charge in [-0.3, -0.25) is 25.0 Å². The first-order valence-corrected chi connectivity index (χ1v) is 10.7. The van der Waals surface area contributed by atoms with Gasteiger partial charge < -0.3 is 4.74 Å². The van der Waals surface area contributed by atoms with E-state index in [1.54, 1.807) is 5.48 Å². The van der Waals surface area contributed by atoms with E-state index in [0.717, 1.165) is 19.3 Å². The Morgan fingerprint density at radius 3 is 2.10 bits per heavy atom. The molecule has 0 aliphatic carbocycles. The molecule has 8 heteroatoms. The fraction of sp³-hybridized carbons (Fsp3) is 0.857. The highest BCUT2D eigenvalue weighted by atomic mass is 16.5. The Labute approximate surface area is 175 Å². The molecular formula is C21H41N3O5. The molecular weight excluding hydrogens is 374 g/mol. The third kappa shape index (κ3) is 14.0. The molecule has 0 radical (unpaired) electrons. The molecule has 0 aromatic carbocycles. The molecule has 0 heterocycles. The Kier molecular flexibility index (Phi) is 14.3. The van der Waals surface area contributed by atoms with Crippen LogP contribution in [0.2, 0.25) is 0 Å². The number of amides is 2. The molecule has 0 rings (SSSR count). The van der Waals surface area contributed by atoms with Crippen LogP contribution in [0, 0.1) is 11.3 Å². The molecule has 2 atom stereocenters. The fourth-order valence-electron chi connectivity index (χ4n) is 2.91. The van der Waals surface area contributed by atoms with E-state index in [1.165, 1.54) is 32.6 Å². The van der Waals surface area contributed by atoms with Crippen molar-refractivity contribution in [1.29, 1.82) is 0 Å². The number of hydrogen-bond acceptors (Lipinski definition) is 6. The van der Waals surface area contributed by atoms with Gasteiger partial charge in [-0.25, -0.2) is 10.9 Å². The molecule has 0 aliphatic rings. The van der Waals surface area contributed by atoms with Crippen molar-refractivity contribution in [3.63, 3.8) is 0 Å². The highest BCUT2D eigenvalue weighted by Crippen LogP contribution is 2.20. The first kappa shape index (κ1) is 27.3. The number of esters is 1. The highest BCUT2D eigenvalue weighted by molar-refractivity contribution is 5.85. The van der Waals surface area contributed by atoms with E-state index in [1.807, 2.05) is 20.8 Å². The van der Waals surface area contributed by atoms with Gasteiger partial charge in [-0.15, -0.1) is 0 Å². The Balaban J connectivity index is 4.63. The van der Waals surface area contributed by atoms with Gasteiger partial charge in [0.15, 0.2) is 0 Å². The van der Waals surface area contributed by atoms with Crippen LogP contribution >= 0.6 is 0 Å². The lowest BCUT2D eigenvalue weighted by Gasteiger charge is -2.31. The molecule has 0 saturated heterocycles. The van der Waals surface area contributed by atoms with Gasteiger partial charge in [0.2, 0.25) is 11.8 Å². The van der Waals surface area contributed by atoms with Crippen molar-refractivity contribution in [2.75, 3.05) is 6.61 Å². The smallest absolute Gasteiger partial charge is 0.302 e. The summed E-state index contributed by atoms with van der Waals surface area (Å²) in [6.07, 6.45) is 8.34. The summed E-state index contributed by atoms with van der Waals surface area (Å²) in [6, 6.07) is -0.291. The lowest BCUT2D eigenvalue weighted by Crippen LogP contribution is -2.54. The number of ether oxygens (including phenoxy) is 1. The molecule has 2 amide bonds. The molecule has 0 fully saturated rings. The van der Waals surface area contributed by atoms with Crippen LogP contribution in [0.15, 0.2) is 0 Å².